The number of piperidine rings is 1. The van der Waals surface area contributed by atoms with Crippen LogP contribution in [0.15, 0.2) is 42.5 Å². The van der Waals surface area contributed by atoms with Gasteiger partial charge in [-0.05, 0) is 69.3 Å². The van der Waals surface area contributed by atoms with Crippen LogP contribution in [0.3, 0.4) is 0 Å². The van der Waals surface area contributed by atoms with Crippen LogP contribution in [0.1, 0.15) is 47.0 Å². The lowest BCUT2D eigenvalue weighted by Crippen LogP contribution is -2.66. The van der Waals surface area contributed by atoms with E-state index in [9.17, 15) is 4.79 Å². The van der Waals surface area contributed by atoms with Crippen LogP contribution in [0.2, 0.25) is 0 Å². The molecule has 3 fully saturated rings. The fourth-order valence-electron chi connectivity index (χ4n) is 5.04. The van der Waals surface area contributed by atoms with Crippen molar-refractivity contribution in [2.75, 3.05) is 19.6 Å². The fraction of sp³-hybridized carbons (Fsp3) is 0.522. The van der Waals surface area contributed by atoms with Crippen LogP contribution in [0.4, 0.5) is 0 Å². The Bertz CT molecular complexity index is 818. The van der Waals surface area contributed by atoms with Crippen LogP contribution in [0.5, 0.6) is 0 Å². The van der Waals surface area contributed by atoms with Crippen molar-refractivity contribution in [1.29, 1.82) is 0 Å². The molecule has 3 nitrogen and oxygen atoms in total. The molecule has 1 aliphatic carbocycles. The first-order valence-electron chi connectivity index (χ1n) is 10.3. The minimum absolute atomic E-state index is 0.155. The van der Waals surface area contributed by atoms with Crippen molar-refractivity contribution < 1.29 is 4.79 Å². The summed E-state index contributed by atoms with van der Waals surface area (Å²) in [5.74, 6) is 1.18. The molecule has 142 valence electrons. The summed E-state index contributed by atoms with van der Waals surface area (Å²) in [5, 5.41) is 0. The first-order valence-corrected chi connectivity index (χ1v) is 11.1. The van der Waals surface area contributed by atoms with Crippen molar-refractivity contribution in [2.24, 2.45) is 11.3 Å². The summed E-state index contributed by atoms with van der Waals surface area (Å²) in [6.45, 7) is 6.24. The zero-order valence-electron chi connectivity index (χ0n) is 16.1. The number of nitrogens with zero attached hydrogens (tertiary/aromatic N) is 2. The maximum absolute atomic E-state index is 13.3. The topological polar surface area (TPSA) is 23.6 Å². The smallest absolute Gasteiger partial charge is 0.231 e. The second kappa shape index (κ2) is 6.75. The Hall–Kier alpha value is -1.65. The number of amides is 1. The summed E-state index contributed by atoms with van der Waals surface area (Å²) in [6.07, 6.45) is 4.59. The first-order chi connectivity index (χ1) is 13.2. The number of hydrogen-bond acceptors (Lipinski definition) is 3. The largest absolute Gasteiger partial charge is 0.334 e. The van der Waals surface area contributed by atoms with Crippen molar-refractivity contribution in [2.45, 2.75) is 45.2 Å². The molecular weight excluding hydrogens is 352 g/mol. The van der Waals surface area contributed by atoms with Gasteiger partial charge in [0.25, 0.3) is 0 Å². The zero-order valence-corrected chi connectivity index (χ0v) is 16.9. The standard InChI is InChI=1S/C23H28N2OS/c1-17-7-10-20(27-17)16-24-13-11-23(12-14-24)21(19-5-3-2-4-6-19)25(22(23)26)15-18-8-9-18/h2-7,10,18,21H,8-9,11-16H2,1H3. The van der Waals surface area contributed by atoms with Gasteiger partial charge in [0, 0.05) is 22.8 Å². The minimum atomic E-state index is -0.155. The molecule has 0 N–H and O–H groups in total. The Morgan fingerprint density at radius 2 is 1.81 bits per heavy atom. The highest BCUT2D eigenvalue weighted by atomic mass is 32.1. The van der Waals surface area contributed by atoms with E-state index in [1.54, 1.807) is 0 Å². The van der Waals surface area contributed by atoms with Crippen molar-refractivity contribution in [3.8, 4) is 0 Å². The van der Waals surface area contributed by atoms with E-state index in [-0.39, 0.29) is 11.5 Å². The SMILES string of the molecule is Cc1ccc(CN2CCC3(CC2)C(=O)N(CC2CC2)C3c2ccccc2)s1. The van der Waals surface area contributed by atoms with Crippen LogP contribution in [-0.4, -0.2) is 35.3 Å². The molecule has 0 bridgehead atoms. The van der Waals surface area contributed by atoms with Gasteiger partial charge < -0.3 is 4.90 Å². The van der Waals surface area contributed by atoms with Gasteiger partial charge in [0.1, 0.15) is 0 Å². The van der Waals surface area contributed by atoms with E-state index in [1.165, 1.54) is 28.2 Å². The molecule has 2 saturated heterocycles. The Balaban J connectivity index is 1.32. The Kier molecular flexibility index (Phi) is 4.36. The highest BCUT2D eigenvalue weighted by molar-refractivity contribution is 7.11. The molecule has 3 aliphatic rings. The number of thiophene rings is 1. The molecule has 1 aromatic carbocycles. The van der Waals surface area contributed by atoms with Gasteiger partial charge in [0.2, 0.25) is 5.91 Å². The number of carbonyl (C=O) groups is 1. The number of benzene rings is 1. The molecule has 2 aliphatic heterocycles. The number of aryl methyl sites for hydroxylation is 1. The lowest BCUT2D eigenvalue weighted by Gasteiger charge is -2.59. The van der Waals surface area contributed by atoms with Crippen LogP contribution in [-0.2, 0) is 11.3 Å². The Morgan fingerprint density at radius 1 is 1.07 bits per heavy atom. The van der Waals surface area contributed by atoms with Gasteiger partial charge in [-0.3, -0.25) is 9.69 Å². The molecule has 4 heteroatoms. The quantitative estimate of drug-likeness (QED) is 0.706. The molecule has 1 atom stereocenters. The van der Waals surface area contributed by atoms with Gasteiger partial charge in [0.05, 0.1) is 11.5 Å². The number of likely N-dealkylation sites (tertiary alicyclic amines) is 2. The van der Waals surface area contributed by atoms with E-state index in [2.05, 4.69) is 59.2 Å². The van der Waals surface area contributed by atoms with Crippen LogP contribution in [0.25, 0.3) is 0 Å². The van der Waals surface area contributed by atoms with Crippen LogP contribution >= 0.6 is 11.3 Å². The third kappa shape index (κ3) is 3.13. The summed E-state index contributed by atoms with van der Waals surface area (Å²) in [5.41, 5.74) is 1.18. The van der Waals surface area contributed by atoms with E-state index >= 15 is 0 Å². The van der Waals surface area contributed by atoms with Gasteiger partial charge in [-0.1, -0.05) is 30.3 Å². The summed E-state index contributed by atoms with van der Waals surface area (Å²) in [7, 11) is 0. The molecule has 1 unspecified atom stereocenters. The Labute approximate surface area is 166 Å². The average Bonchev–Trinajstić information content (AvgIpc) is 3.43. The second-order valence-electron chi connectivity index (χ2n) is 8.66. The monoisotopic (exact) mass is 380 g/mol. The maximum Gasteiger partial charge on any atom is 0.231 e. The Morgan fingerprint density at radius 3 is 2.44 bits per heavy atom. The lowest BCUT2D eigenvalue weighted by atomic mass is 9.62. The number of carbonyl (C=O) groups excluding carboxylic acids is 1. The molecule has 1 saturated carbocycles. The zero-order chi connectivity index (χ0) is 18.4. The highest BCUT2D eigenvalue weighted by Crippen LogP contribution is 2.57. The maximum atomic E-state index is 13.3. The molecule has 1 amide bonds. The normalized spacial score (nSPS) is 25.0. The fourth-order valence-corrected chi connectivity index (χ4v) is 5.97. The third-order valence-corrected chi connectivity index (χ3v) is 7.70. The molecule has 0 radical (unpaired) electrons. The van der Waals surface area contributed by atoms with Gasteiger partial charge in [-0.25, -0.2) is 0 Å². The van der Waals surface area contributed by atoms with Crippen molar-refractivity contribution in [3.63, 3.8) is 0 Å². The number of rotatable bonds is 5. The van der Waals surface area contributed by atoms with Crippen molar-refractivity contribution >= 4 is 17.2 Å². The van der Waals surface area contributed by atoms with Crippen LogP contribution in [0, 0.1) is 18.3 Å². The van der Waals surface area contributed by atoms with E-state index in [0.29, 0.717) is 5.91 Å². The molecule has 27 heavy (non-hydrogen) atoms. The van der Waals surface area contributed by atoms with E-state index in [1.807, 2.05) is 11.3 Å². The number of β-lactam (4-membered cyclic amide) rings is 1. The van der Waals surface area contributed by atoms with Gasteiger partial charge >= 0.3 is 0 Å². The average molecular weight is 381 g/mol. The van der Waals surface area contributed by atoms with Crippen molar-refractivity contribution in [1.82, 2.24) is 9.80 Å². The van der Waals surface area contributed by atoms with Gasteiger partial charge in [-0.2, -0.15) is 0 Å². The summed E-state index contributed by atoms with van der Waals surface area (Å²) >= 11 is 1.90. The summed E-state index contributed by atoms with van der Waals surface area (Å²) in [4.78, 5) is 20.8. The summed E-state index contributed by atoms with van der Waals surface area (Å²) in [6, 6.07) is 15.5. The molecular formula is C23H28N2OS. The van der Waals surface area contributed by atoms with E-state index in [0.717, 1.165) is 44.9 Å². The molecule has 2 aromatic rings. The van der Waals surface area contributed by atoms with E-state index < -0.39 is 0 Å². The molecule has 3 heterocycles. The summed E-state index contributed by atoms with van der Waals surface area (Å²) < 4.78 is 0. The first kappa shape index (κ1) is 17.4. The predicted octanol–water partition coefficient (Wildman–Crippen LogP) is 4.63. The van der Waals surface area contributed by atoms with E-state index in [4.69, 9.17) is 0 Å². The molecule has 1 aromatic heterocycles. The molecule has 5 rings (SSSR count). The third-order valence-electron chi connectivity index (χ3n) is 6.71. The number of hydrogen-bond donors (Lipinski definition) is 0. The molecule has 1 spiro atoms. The second-order valence-corrected chi connectivity index (χ2v) is 10.0. The highest BCUT2D eigenvalue weighted by Gasteiger charge is 2.61. The van der Waals surface area contributed by atoms with Gasteiger partial charge in [-0.15, -0.1) is 11.3 Å². The predicted molar refractivity (Wildman–Crippen MR) is 110 cm³/mol. The van der Waals surface area contributed by atoms with Gasteiger partial charge in [0.15, 0.2) is 0 Å². The van der Waals surface area contributed by atoms with Crippen LogP contribution < -0.4 is 0 Å². The van der Waals surface area contributed by atoms with Crippen molar-refractivity contribution in [3.05, 3.63) is 57.8 Å². The minimum Gasteiger partial charge on any atom is -0.334 e. The lowest BCUT2D eigenvalue weighted by molar-refractivity contribution is -0.181.